The molecule has 1 aliphatic rings. The quantitative estimate of drug-likeness (QED) is 0.583. The largest absolute Gasteiger partial charge is 0.463 e. The van der Waals surface area contributed by atoms with Crippen LogP contribution in [0.15, 0.2) is 58.7 Å². The molecule has 1 aliphatic heterocycles. The molecule has 3 rings (SSSR count). The fourth-order valence-electron chi connectivity index (χ4n) is 3.19. The van der Waals surface area contributed by atoms with Gasteiger partial charge in [0.2, 0.25) is 0 Å². The predicted octanol–water partition coefficient (Wildman–Crippen LogP) is 3.91. The van der Waals surface area contributed by atoms with Crippen molar-refractivity contribution in [3.63, 3.8) is 0 Å². The Hall–Kier alpha value is -2.30. The van der Waals surface area contributed by atoms with Crippen molar-refractivity contribution in [3.05, 3.63) is 81.5 Å². The normalized spacial score (nSPS) is 18.8. The molecule has 0 saturated carbocycles. The topological polar surface area (TPSA) is 66.9 Å². The summed E-state index contributed by atoms with van der Waals surface area (Å²) in [5, 5.41) is 0. The summed E-state index contributed by atoms with van der Waals surface area (Å²) in [5.74, 6) is -1.96. The first-order chi connectivity index (χ1) is 14.1. The summed E-state index contributed by atoms with van der Waals surface area (Å²) in [7, 11) is -2.88. The molecule has 0 aliphatic carbocycles. The zero-order valence-corrected chi connectivity index (χ0v) is 18.6. The third-order valence-electron chi connectivity index (χ3n) is 4.60. The first-order valence-corrected chi connectivity index (χ1v) is 11.2. The Kier molecular flexibility index (Phi) is 6.59. The van der Waals surface area contributed by atoms with Crippen LogP contribution in [-0.2, 0) is 26.3 Å². The summed E-state index contributed by atoms with van der Waals surface area (Å²) in [6, 6.07) is 8.41. The van der Waals surface area contributed by atoms with Crippen molar-refractivity contribution in [1.82, 2.24) is 8.61 Å². The van der Waals surface area contributed by atoms with E-state index < -0.39 is 33.9 Å². The number of likely N-dealkylation sites (N-methyl/N-ethyl adjacent to an activating group) is 1. The van der Waals surface area contributed by atoms with E-state index in [0.717, 1.165) is 14.8 Å². The van der Waals surface area contributed by atoms with Gasteiger partial charge in [-0.2, -0.15) is 12.7 Å². The first kappa shape index (κ1) is 22.4. The van der Waals surface area contributed by atoms with Crippen LogP contribution in [0.2, 0.25) is 0 Å². The van der Waals surface area contributed by atoms with Crippen molar-refractivity contribution >= 4 is 32.1 Å². The van der Waals surface area contributed by atoms with Crippen LogP contribution in [0.3, 0.4) is 0 Å². The summed E-state index contributed by atoms with van der Waals surface area (Å²) < 4.78 is 61.8. The van der Waals surface area contributed by atoms with Crippen molar-refractivity contribution in [2.45, 2.75) is 19.5 Å². The second-order valence-corrected chi connectivity index (χ2v) is 9.43. The molecule has 30 heavy (non-hydrogen) atoms. The number of rotatable bonds is 5. The Morgan fingerprint density at radius 3 is 2.57 bits per heavy atom. The molecule has 1 heterocycles. The van der Waals surface area contributed by atoms with Gasteiger partial charge in [0.1, 0.15) is 11.6 Å². The Bertz CT molecular complexity index is 1110. The van der Waals surface area contributed by atoms with Crippen molar-refractivity contribution < 1.29 is 26.7 Å². The monoisotopic (exact) mass is 500 g/mol. The molecule has 0 saturated heterocycles. The summed E-state index contributed by atoms with van der Waals surface area (Å²) >= 11 is 3.16. The molecular weight excluding hydrogens is 482 g/mol. The highest BCUT2D eigenvalue weighted by atomic mass is 79.9. The van der Waals surface area contributed by atoms with Crippen LogP contribution in [0.25, 0.3) is 0 Å². The lowest BCUT2D eigenvalue weighted by Crippen LogP contribution is -2.46. The number of halogens is 3. The first-order valence-electron chi connectivity index (χ1n) is 8.98. The molecule has 2 aromatic carbocycles. The minimum atomic E-state index is -4.14. The number of benzene rings is 2. The molecule has 6 nitrogen and oxygen atoms in total. The summed E-state index contributed by atoms with van der Waals surface area (Å²) in [6.07, 6.45) is 1.13. The van der Waals surface area contributed by atoms with Gasteiger partial charge in [-0.05, 0) is 36.8 Å². The summed E-state index contributed by atoms with van der Waals surface area (Å²) in [4.78, 5) is 12.6. The van der Waals surface area contributed by atoms with E-state index in [9.17, 15) is 22.0 Å². The third kappa shape index (κ3) is 4.40. The highest BCUT2D eigenvalue weighted by Gasteiger charge is 2.42. The Morgan fingerprint density at radius 2 is 1.93 bits per heavy atom. The Balaban J connectivity index is 2.13. The van der Waals surface area contributed by atoms with E-state index in [4.69, 9.17) is 4.74 Å². The molecule has 2 aromatic rings. The van der Waals surface area contributed by atoms with Crippen LogP contribution in [0.4, 0.5) is 8.78 Å². The standard InChI is InChI=1S/C20H19BrF2N2O4S/c1-3-29-20(26)17-12-25(11-13-5-4-6-15(22)9-13)30(27,28)24(2)19(17)16-8-7-14(21)10-18(16)23/h4-10,12,19H,3,11H2,1-2H3. The molecule has 1 atom stereocenters. The fraction of sp³-hybridized carbons (Fsp3) is 0.250. The number of carbonyl (C=O) groups excluding carboxylic acids is 1. The molecule has 0 aromatic heterocycles. The number of ether oxygens (including phenoxy) is 1. The van der Waals surface area contributed by atoms with Crippen molar-refractivity contribution in [1.29, 1.82) is 0 Å². The van der Waals surface area contributed by atoms with Crippen molar-refractivity contribution in [3.8, 4) is 0 Å². The predicted molar refractivity (Wildman–Crippen MR) is 110 cm³/mol. The van der Waals surface area contributed by atoms with Crippen molar-refractivity contribution in [2.24, 2.45) is 0 Å². The van der Waals surface area contributed by atoms with E-state index in [1.165, 1.54) is 37.4 Å². The number of carbonyl (C=O) groups is 1. The maximum absolute atomic E-state index is 14.7. The fourth-order valence-corrected chi connectivity index (χ4v) is 4.91. The number of hydrogen-bond acceptors (Lipinski definition) is 4. The third-order valence-corrected chi connectivity index (χ3v) is 6.86. The molecule has 160 valence electrons. The molecule has 0 bridgehead atoms. The van der Waals surface area contributed by atoms with Crippen LogP contribution >= 0.6 is 15.9 Å². The molecule has 0 spiro atoms. The van der Waals surface area contributed by atoms with Crippen LogP contribution in [0.1, 0.15) is 24.1 Å². The zero-order valence-electron chi connectivity index (χ0n) is 16.2. The number of esters is 1. The molecule has 1 unspecified atom stereocenters. The molecule has 0 radical (unpaired) electrons. The second-order valence-electron chi connectivity index (χ2n) is 6.57. The lowest BCUT2D eigenvalue weighted by molar-refractivity contribution is -0.139. The average molecular weight is 501 g/mol. The SMILES string of the molecule is CCOC(=O)C1=CN(Cc2cccc(F)c2)S(=O)(=O)N(C)C1c1ccc(Br)cc1F. The minimum absolute atomic E-state index is 0.00832. The molecule has 10 heteroatoms. The van der Waals surface area contributed by atoms with E-state index in [1.54, 1.807) is 19.1 Å². The Morgan fingerprint density at radius 1 is 1.20 bits per heavy atom. The smallest absolute Gasteiger partial charge is 0.337 e. The lowest BCUT2D eigenvalue weighted by atomic mass is 9.98. The molecular formula is C20H19BrF2N2O4S. The van der Waals surface area contributed by atoms with Gasteiger partial charge in [0, 0.05) is 23.3 Å². The average Bonchev–Trinajstić information content (AvgIpc) is 2.67. The number of hydrogen-bond donors (Lipinski definition) is 0. The van der Waals surface area contributed by atoms with E-state index in [0.29, 0.717) is 10.0 Å². The van der Waals surface area contributed by atoms with Crippen LogP contribution in [0, 0.1) is 11.6 Å². The van der Waals surface area contributed by atoms with Gasteiger partial charge in [-0.1, -0.05) is 34.1 Å². The molecule has 0 amide bonds. The number of nitrogens with zero attached hydrogens (tertiary/aromatic N) is 2. The summed E-state index contributed by atoms with van der Waals surface area (Å²) in [5.41, 5.74) is 0.348. The van der Waals surface area contributed by atoms with Gasteiger partial charge in [0.25, 0.3) is 0 Å². The van der Waals surface area contributed by atoms with Crippen LogP contribution < -0.4 is 0 Å². The maximum Gasteiger partial charge on any atom is 0.337 e. The second kappa shape index (κ2) is 8.83. The molecule has 0 N–H and O–H groups in total. The van der Waals surface area contributed by atoms with Crippen molar-refractivity contribution in [2.75, 3.05) is 13.7 Å². The van der Waals surface area contributed by atoms with E-state index in [1.807, 2.05) is 0 Å². The zero-order chi connectivity index (χ0) is 22.1. The van der Waals surface area contributed by atoms with E-state index in [2.05, 4.69) is 15.9 Å². The van der Waals surface area contributed by atoms with Gasteiger partial charge in [-0.3, -0.25) is 4.31 Å². The van der Waals surface area contributed by atoms with Crippen LogP contribution in [0.5, 0.6) is 0 Å². The lowest BCUT2D eigenvalue weighted by Gasteiger charge is -2.38. The van der Waals surface area contributed by atoms with Crippen LogP contribution in [-0.4, -0.2) is 36.7 Å². The summed E-state index contributed by atoms with van der Waals surface area (Å²) in [6.45, 7) is 1.47. The van der Waals surface area contributed by atoms with Gasteiger partial charge in [0.15, 0.2) is 0 Å². The van der Waals surface area contributed by atoms with Gasteiger partial charge < -0.3 is 4.74 Å². The van der Waals surface area contributed by atoms with E-state index in [-0.39, 0.29) is 24.3 Å². The van der Waals surface area contributed by atoms with Gasteiger partial charge in [-0.15, -0.1) is 0 Å². The van der Waals surface area contributed by atoms with Gasteiger partial charge >= 0.3 is 16.2 Å². The van der Waals surface area contributed by atoms with Gasteiger partial charge in [0.05, 0.1) is 24.8 Å². The highest BCUT2D eigenvalue weighted by molar-refractivity contribution is 9.10. The highest BCUT2D eigenvalue weighted by Crippen LogP contribution is 2.38. The van der Waals surface area contributed by atoms with Gasteiger partial charge in [-0.25, -0.2) is 13.6 Å². The van der Waals surface area contributed by atoms with E-state index >= 15 is 0 Å². The minimum Gasteiger partial charge on any atom is -0.463 e. The Labute approximate surface area is 182 Å². The molecule has 0 fully saturated rings. The maximum atomic E-state index is 14.7.